The number of hydrogen-bond donors (Lipinski definition) is 1. The van der Waals surface area contributed by atoms with Gasteiger partial charge in [0.25, 0.3) is 0 Å². The van der Waals surface area contributed by atoms with Crippen molar-refractivity contribution in [3.63, 3.8) is 0 Å². The van der Waals surface area contributed by atoms with E-state index in [1.54, 1.807) is 20.8 Å². The van der Waals surface area contributed by atoms with Gasteiger partial charge in [0, 0.05) is 5.33 Å². The SMILES string of the molecule is COC(=O)[C@H](CCCBr)NC(=O)OC(C)(C)C. The number of ether oxygens (including phenoxy) is 2. The van der Waals surface area contributed by atoms with Crippen LogP contribution in [0.15, 0.2) is 0 Å². The molecule has 1 atom stereocenters. The highest BCUT2D eigenvalue weighted by Gasteiger charge is 2.24. The largest absolute Gasteiger partial charge is 0.467 e. The average molecular weight is 310 g/mol. The summed E-state index contributed by atoms with van der Waals surface area (Å²) in [6.07, 6.45) is 0.662. The first-order chi connectivity index (χ1) is 7.80. The highest BCUT2D eigenvalue weighted by Crippen LogP contribution is 2.08. The highest BCUT2D eigenvalue weighted by molar-refractivity contribution is 9.09. The molecule has 0 saturated heterocycles. The van der Waals surface area contributed by atoms with Gasteiger partial charge in [-0.05, 0) is 33.6 Å². The minimum absolute atomic E-state index is 0.461. The summed E-state index contributed by atoms with van der Waals surface area (Å²) < 4.78 is 9.69. The van der Waals surface area contributed by atoms with Crippen LogP contribution < -0.4 is 5.32 Å². The molecule has 6 heteroatoms. The number of nitrogens with one attached hydrogen (secondary N) is 1. The van der Waals surface area contributed by atoms with Crippen LogP contribution in [0.3, 0.4) is 0 Å². The number of rotatable bonds is 5. The maximum Gasteiger partial charge on any atom is 0.408 e. The van der Waals surface area contributed by atoms with Gasteiger partial charge in [-0.2, -0.15) is 0 Å². The first-order valence-corrected chi connectivity index (χ1v) is 6.55. The van der Waals surface area contributed by atoms with Crippen molar-refractivity contribution in [1.82, 2.24) is 5.32 Å². The van der Waals surface area contributed by atoms with Gasteiger partial charge >= 0.3 is 12.1 Å². The van der Waals surface area contributed by atoms with Crippen LogP contribution in [0.2, 0.25) is 0 Å². The second-order valence-electron chi connectivity index (χ2n) is 4.55. The van der Waals surface area contributed by atoms with Crippen LogP contribution in [0, 0.1) is 0 Å². The van der Waals surface area contributed by atoms with E-state index in [1.807, 2.05) is 0 Å². The lowest BCUT2D eigenvalue weighted by molar-refractivity contribution is -0.143. The van der Waals surface area contributed by atoms with E-state index in [9.17, 15) is 9.59 Å². The van der Waals surface area contributed by atoms with Gasteiger partial charge in [-0.15, -0.1) is 0 Å². The normalized spacial score (nSPS) is 12.8. The fourth-order valence-electron chi connectivity index (χ4n) is 1.12. The summed E-state index contributed by atoms with van der Waals surface area (Å²) in [6, 6.07) is -0.660. The predicted octanol–water partition coefficient (Wildman–Crippen LogP) is 2.23. The van der Waals surface area contributed by atoms with Gasteiger partial charge in [-0.25, -0.2) is 9.59 Å². The zero-order chi connectivity index (χ0) is 13.5. The Morgan fingerprint density at radius 2 is 1.94 bits per heavy atom. The van der Waals surface area contributed by atoms with Gasteiger partial charge in [0.1, 0.15) is 11.6 Å². The minimum Gasteiger partial charge on any atom is -0.467 e. The number of alkyl carbamates (subject to hydrolysis) is 1. The number of esters is 1. The number of amides is 1. The Balaban J connectivity index is 4.32. The lowest BCUT2D eigenvalue weighted by Crippen LogP contribution is -2.44. The quantitative estimate of drug-likeness (QED) is 0.625. The number of alkyl halides is 1. The number of methoxy groups -OCH3 is 1. The molecule has 0 saturated carbocycles. The third-order valence-corrected chi connectivity index (χ3v) is 2.36. The summed E-state index contributed by atoms with van der Waals surface area (Å²) in [5.74, 6) is -0.461. The number of carbonyl (C=O) groups is 2. The summed E-state index contributed by atoms with van der Waals surface area (Å²) in [6.45, 7) is 5.29. The van der Waals surface area contributed by atoms with Crippen LogP contribution >= 0.6 is 15.9 Å². The molecule has 0 aliphatic carbocycles. The molecule has 1 amide bonds. The Kier molecular flexibility index (Phi) is 7.18. The van der Waals surface area contributed by atoms with E-state index < -0.39 is 23.7 Å². The molecule has 0 fully saturated rings. The van der Waals surface area contributed by atoms with Crippen molar-refractivity contribution in [2.75, 3.05) is 12.4 Å². The van der Waals surface area contributed by atoms with Crippen LogP contribution in [0.25, 0.3) is 0 Å². The summed E-state index contributed by atoms with van der Waals surface area (Å²) >= 11 is 3.27. The van der Waals surface area contributed by atoms with Gasteiger partial charge in [0.2, 0.25) is 0 Å². The van der Waals surface area contributed by atoms with Gasteiger partial charge in [0.05, 0.1) is 7.11 Å². The molecule has 0 aromatic heterocycles. The molecule has 0 spiro atoms. The lowest BCUT2D eigenvalue weighted by Gasteiger charge is -2.22. The Morgan fingerprint density at radius 3 is 2.35 bits per heavy atom. The molecule has 17 heavy (non-hydrogen) atoms. The lowest BCUT2D eigenvalue weighted by atomic mass is 10.1. The smallest absolute Gasteiger partial charge is 0.408 e. The van der Waals surface area contributed by atoms with E-state index in [0.29, 0.717) is 6.42 Å². The Hall–Kier alpha value is -0.780. The molecule has 0 unspecified atom stereocenters. The van der Waals surface area contributed by atoms with Gasteiger partial charge in [-0.3, -0.25) is 0 Å². The molecule has 0 aliphatic heterocycles. The summed E-state index contributed by atoms with van der Waals surface area (Å²) in [5.41, 5.74) is -0.583. The van der Waals surface area contributed by atoms with Crippen molar-refractivity contribution >= 4 is 28.0 Å². The summed E-state index contributed by atoms with van der Waals surface area (Å²) in [5, 5.41) is 3.26. The van der Waals surface area contributed by atoms with E-state index >= 15 is 0 Å². The molecule has 0 aromatic rings. The molecule has 100 valence electrons. The average Bonchev–Trinajstić information content (AvgIpc) is 2.20. The van der Waals surface area contributed by atoms with E-state index in [1.165, 1.54) is 7.11 Å². The van der Waals surface area contributed by atoms with Crippen LogP contribution in [-0.2, 0) is 14.3 Å². The van der Waals surface area contributed by atoms with E-state index in [0.717, 1.165) is 11.8 Å². The molecule has 0 rings (SSSR count). The molecule has 5 nitrogen and oxygen atoms in total. The fourth-order valence-corrected chi connectivity index (χ4v) is 1.45. The van der Waals surface area contributed by atoms with Gasteiger partial charge in [-0.1, -0.05) is 15.9 Å². The maximum atomic E-state index is 11.5. The second kappa shape index (κ2) is 7.53. The molecular formula is C11H20BrNO4. The fraction of sp³-hybridized carbons (Fsp3) is 0.818. The van der Waals surface area contributed by atoms with Crippen LogP contribution in [0.4, 0.5) is 4.79 Å². The second-order valence-corrected chi connectivity index (χ2v) is 5.35. The number of carbonyl (C=O) groups excluding carboxylic acids is 2. The van der Waals surface area contributed by atoms with E-state index in [-0.39, 0.29) is 0 Å². The van der Waals surface area contributed by atoms with Crippen LogP contribution in [0.1, 0.15) is 33.6 Å². The first kappa shape index (κ1) is 16.2. The number of hydrogen-bond acceptors (Lipinski definition) is 4. The number of halogens is 1. The van der Waals surface area contributed by atoms with Gasteiger partial charge < -0.3 is 14.8 Å². The Morgan fingerprint density at radius 1 is 1.35 bits per heavy atom. The molecule has 0 heterocycles. The monoisotopic (exact) mass is 309 g/mol. The molecule has 1 N–H and O–H groups in total. The molecule has 0 radical (unpaired) electrons. The predicted molar refractivity (Wildman–Crippen MR) is 68.2 cm³/mol. The third-order valence-electron chi connectivity index (χ3n) is 1.80. The van der Waals surface area contributed by atoms with E-state index in [4.69, 9.17) is 4.74 Å². The van der Waals surface area contributed by atoms with Crippen molar-refractivity contribution in [3.05, 3.63) is 0 Å². The standard InChI is InChI=1S/C11H20BrNO4/c1-11(2,3)17-10(15)13-8(6-5-7-12)9(14)16-4/h8H,5-7H2,1-4H3,(H,13,15)/t8-/m0/s1. The van der Waals surface area contributed by atoms with Crippen molar-refractivity contribution < 1.29 is 19.1 Å². The topological polar surface area (TPSA) is 64.6 Å². The Labute approximate surface area is 110 Å². The first-order valence-electron chi connectivity index (χ1n) is 5.43. The van der Waals surface area contributed by atoms with Crippen LogP contribution in [-0.4, -0.2) is 36.1 Å². The third kappa shape index (κ3) is 8.01. The maximum absolute atomic E-state index is 11.5. The minimum atomic E-state index is -0.660. The zero-order valence-corrected chi connectivity index (χ0v) is 12.3. The molecule has 0 bridgehead atoms. The van der Waals surface area contributed by atoms with Gasteiger partial charge in [0.15, 0.2) is 0 Å². The van der Waals surface area contributed by atoms with E-state index in [2.05, 4.69) is 26.0 Å². The molecular weight excluding hydrogens is 290 g/mol. The van der Waals surface area contributed by atoms with Crippen molar-refractivity contribution in [3.8, 4) is 0 Å². The highest BCUT2D eigenvalue weighted by atomic mass is 79.9. The van der Waals surface area contributed by atoms with Crippen molar-refractivity contribution in [2.24, 2.45) is 0 Å². The van der Waals surface area contributed by atoms with Crippen molar-refractivity contribution in [2.45, 2.75) is 45.3 Å². The summed E-state index contributed by atoms with van der Waals surface area (Å²) in [7, 11) is 1.29. The zero-order valence-electron chi connectivity index (χ0n) is 10.7. The van der Waals surface area contributed by atoms with Crippen LogP contribution in [0.5, 0.6) is 0 Å². The molecule has 0 aliphatic rings. The van der Waals surface area contributed by atoms with Crippen molar-refractivity contribution in [1.29, 1.82) is 0 Å². The summed E-state index contributed by atoms with van der Waals surface area (Å²) in [4.78, 5) is 22.9. The Bertz CT molecular complexity index is 263. The molecule has 0 aromatic carbocycles.